The molecule has 11 heteroatoms. The molecule has 2 aliphatic rings. The second kappa shape index (κ2) is 11.4. The van der Waals surface area contributed by atoms with Crippen LogP contribution in [0.15, 0.2) is 47.6 Å². The Morgan fingerprint density at radius 1 is 1.00 bits per heavy atom. The highest BCUT2D eigenvalue weighted by Gasteiger charge is 2.30. The number of aromatic nitrogens is 1. The van der Waals surface area contributed by atoms with Crippen molar-refractivity contribution in [1.29, 1.82) is 0 Å². The summed E-state index contributed by atoms with van der Waals surface area (Å²) in [5.41, 5.74) is 0. The van der Waals surface area contributed by atoms with E-state index in [0.29, 0.717) is 19.1 Å². The van der Waals surface area contributed by atoms with E-state index in [0.717, 1.165) is 62.7 Å². The van der Waals surface area contributed by atoms with E-state index in [2.05, 4.69) is 14.6 Å². The zero-order chi connectivity index (χ0) is 24.8. The second-order valence-corrected chi connectivity index (χ2v) is 10.6. The maximum absolute atomic E-state index is 13.8. The molecule has 2 aliphatic heterocycles. The molecule has 0 saturated carbocycles. The van der Waals surface area contributed by atoms with Crippen molar-refractivity contribution >= 4 is 15.9 Å². The van der Waals surface area contributed by atoms with Crippen LogP contribution in [0.2, 0.25) is 0 Å². The highest BCUT2D eigenvalue weighted by molar-refractivity contribution is 7.89. The van der Waals surface area contributed by atoms with Crippen LogP contribution in [0.3, 0.4) is 0 Å². The maximum atomic E-state index is 13.8. The van der Waals surface area contributed by atoms with Crippen molar-refractivity contribution in [2.75, 3.05) is 32.7 Å². The summed E-state index contributed by atoms with van der Waals surface area (Å²) >= 11 is 0. The molecule has 2 aromatic rings. The van der Waals surface area contributed by atoms with Crippen LogP contribution in [-0.4, -0.2) is 74.0 Å². The van der Waals surface area contributed by atoms with Gasteiger partial charge in [-0.3, -0.25) is 14.7 Å². The fourth-order valence-electron chi connectivity index (χ4n) is 4.71. The molecule has 0 radical (unpaired) electrons. The van der Waals surface area contributed by atoms with Gasteiger partial charge in [0.1, 0.15) is 23.5 Å². The van der Waals surface area contributed by atoms with E-state index < -0.39 is 26.6 Å². The Morgan fingerprint density at radius 2 is 1.63 bits per heavy atom. The smallest absolute Gasteiger partial charge is 0.246 e. The second-order valence-electron chi connectivity index (χ2n) is 8.85. The SMILES string of the molecule is O=C(CCNS(=O)(=O)c1c(F)cccc1F)N1CCC(N2CCC(Oc3ccncc3)CC2)CC1. The average molecular weight is 509 g/mol. The molecule has 0 unspecified atom stereocenters. The molecule has 0 atom stereocenters. The number of nitrogens with one attached hydrogen (secondary N) is 1. The van der Waals surface area contributed by atoms with E-state index in [-0.39, 0.29) is 25.0 Å². The molecule has 2 saturated heterocycles. The summed E-state index contributed by atoms with van der Waals surface area (Å²) in [5, 5.41) is 0. The van der Waals surface area contributed by atoms with Crippen molar-refractivity contribution in [2.24, 2.45) is 0 Å². The molecule has 2 fully saturated rings. The van der Waals surface area contributed by atoms with Gasteiger partial charge in [0.2, 0.25) is 15.9 Å². The number of carbonyl (C=O) groups is 1. The highest BCUT2D eigenvalue weighted by Crippen LogP contribution is 2.24. The van der Waals surface area contributed by atoms with Gasteiger partial charge in [0.05, 0.1) is 0 Å². The summed E-state index contributed by atoms with van der Waals surface area (Å²) in [6, 6.07) is 6.98. The third-order valence-corrected chi connectivity index (χ3v) is 8.09. The molecule has 1 aromatic carbocycles. The van der Waals surface area contributed by atoms with Gasteiger partial charge < -0.3 is 9.64 Å². The van der Waals surface area contributed by atoms with E-state index in [9.17, 15) is 22.0 Å². The molecule has 8 nitrogen and oxygen atoms in total. The number of rotatable bonds is 8. The molecule has 1 aromatic heterocycles. The number of likely N-dealkylation sites (tertiary alicyclic amines) is 2. The summed E-state index contributed by atoms with van der Waals surface area (Å²) in [5.74, 6) is -1.67. The topological polar surface area (TPSA) is 91.8 Å². The summed E-state index contributed by atoms with van der Waals surface area (Å²) < 4.78 is 60.2. The highest BCUT2D eigenvalue weighted by atomic mass is 32.2. The molecular formula is C24H30F2N4O4S. The largest absolute Gasteiger partial charge is 0.490 e. The first kappa shape index (κ1) is 25.5. The first-order valence-electron chi connectivity index (χ1n) is 11.9. The molecule has 1 amide bonds. The zero-order valence-corrected chi connectivity index (χ0v) is 20.2. The number of hydrogen-bond donors (Lipinski definition) is 1. The minimum atomic E-state index is -4.39. The Morgan fingerprint density at radius 3 is 2.26 bits per heavy atom. The van der Waals surface area contributed by atoms with Crippen LogP contribution in [0, 0.1) is 11.6 Å². The number of pyridine rings is 1. The summed E-state index contributed by atoms with van der Waals surface area (Å²) in [6.07, 6.45) is 7.17. The molecule has 3 heterocycles. The minimum Gasteiger partial charge on any atom is -0.490 e. The molecule has 1 N–H and O–H groups in total. The predicted octanol–water partition coefficient (Wildman–Crippen LogP) is 2.56. The molecule has 0 spiro atoms. The lowest BCUT2D eigenvalue weighted by atomic mass is 9.98. The van der Waals surface area contributed by atoms with Crippen molar-refractivity contribution in [3.8, 4) is 5.75 Å². The number of sulfonamides is 1. The molecular weight excluding hydrogens is 478 g/mol. The van der Waals surface area contributed by atoms with E-state index in [1.165, 1.54) is 0 Å². The van der Waals surface area contributed by atoms with Gasteiger partial charge in [0.25, 0.3) is 0 Å². The Hall–Kier alpha value is -2.63. The number of hydrogen-bond acceptors (Lipinski definition) is 6. The monoisotopic (exact) mass is 508 g/mol. The minimum absolute atomic E-state index is 0.0717. The number of nitrogens with zero attached hydrogens (tertiary/aromatic N) is 3. The van der Waals surface area contributed by atoms with Gasteiger partial charge in [-0.1, -0.05) is 6.07 Å². The van der Waals surface area contributed by atoms with Gasteiger partial charge in [-0.05, 0) is 49.9 Å². The van der Waals surface area contributed by atoms with Crippen LogP contribution in [0.1, 0.15) is 32.1 Å². The van der Waals surface area contributed by atoms with Crippen LogP contribution in [0.4, 0.5) is 8.78 Å². The van der Waals surface area contributed by atoms with Crippen molar-refractivity contribution in [3.05, 3.63) is 54.4 Å². The van der Waals surface area contributed by atoms with Crippen molar-refractivity contribution < 1.29 is 26.7 Å². The molecule has 0 aliphatic carbocycles. The fraction of sp³-hybridized carbons (Fsp3) is 0.500. The number of amides is 1. The van der Waals surface area contributed by atoms with Gasteiger partial charge in [-0.2, -0.15) is 0 Å². The van der Waals surface area contributed by atoms with Crippen LogP contribution in [0.5, 0.6) is 5.75 Å². The van der Waals surface area contributed by atoms with Crippen molar-refractivity contribution in [1.82, 2.24) is 19.5 Å². The summed E-state index contributed by atoms with van der Waals surface area (Å²) in [6.45, 7) is 2.88. The maximum Gasteiger partial charge on any atom is 0.246 e. The molecule has 4 rings (SSSR count). The lowest BCUT2D eigenvalue weighted by Gasteiger charge is -2.41. The van der Waals surface area contributed by atoms with E-state index in [1.807, 2.05) is 12.1 Å². The first-order chi connectivity index (χ1) is 16.8. The average Bonchev–Trinajstić information content (AvgIpc) is 2.85. The fourth-order valence-corrected chi connectivity index (χ4v) is 5.87. The normalized spacial score (nSPS) is 18.5. The summed E-state index contributed by atoms with van der Waals surface area (Å²) in [7, 11) is -4.39. The van der Waals surface area contributed by atoms with Gasteiger partial charge >= 0.3 is 0 Å². The third kappa shape index (κ3) is 6.53. The van der Waals surface area contributed by atoms with Crippen molar-refractivity contribution in [2.45, 2.75) is 49.1 Å². The first-order valence-corrected chi connectivity index (χ1v) is 13.3. The summed E-state index contributed by atoms with van der Waals surface area (Å²) in [4.78, 5) is 19.7. The molecule has 190 valence electrons. The van der Waals surface area contributed by atoms with E-state index >= 15 is 0 Å². The van der Waals surface area contributed by atoms with Crippen molar-refractivity contribution in [3.63, 3.8) is 0 Å². The van der Waals surface area contributed by atoms with Crippen LogP contribution in [-0.2, 0) is 14.8 Å². The molecule has 35 heavy (non-hydrogen) atoms. The van der Waals surface area contributed by atoms with E-state index in [4.69, 9.17) is 4.74 Å². The number of piperidine rings is 2. The van der Waals surface area contributed by atoms with Gasteiger partial charge in [-0.15, -0.1) is 0 Å². The Bertz CT molecular complexity index is 1080. The van der Waals surface area contributed by atoms with E-state index in [1.54, 1.807) is 17.3 Å². The van der Waals surface area contributed by atoms with Crippen LogP contribution in [0.25, 0.3) is 0 Å². The Kier molecular flexibility index (Phi) is 8.30. The quantitative estimate of drug-likeness (QED) is 0.589. The lowest BCUT2D eigenvalue weighted by molar-refractivity contribution is -0.132. The molecule has 0 bridgehead atoms. The van der Waals surface area contributed by atoms with Gasteiger partial charge in [-0.25, -0.2) is 21.9 Å². The third-order valence-electron chi connectivity index (χ3n) is 6.58. The number of carbonyl (C=O) groups excluding carboxylic acids is 1. The Labute approximate surface area is 204 Å². The van der Waals surface area contributed by atoms with Gasteiger partial charge in [0.15, 0.2) is 4.90 Å². The number of halogens is 2. The van der Waals surface area contributed by atoms with Crippen LogP contribution >= 0.6 is 0 Å². The van der Waals surface area contributed by atoms with Crippen LogP contribution < -0.4 is 9.46 Å². The number of ether oxygens (including phenoxy) is 1. The number of benzene rings is 1. The zero-order valence-electron chi connectivity index (χ0n) is 19.4. The lowest BCUT2D eigenvalue weighted by Crippen LogP contribution is -2.50. The van der Waals surface area contributed by atoms with Gasteiger partial charge in [0, 0.05) is 57.6 Å². The predicted molar refractivity (Wildman–Crippen MR) is 125 cm³/mol. The Balaban J connectivity index is 1.18. The standard InChI is InChI=1S/C24H30F2N4O4S/c25-21-2-1-3-22(26)24(21)35(32,33)28-13-6-23(31)30-14-7-18(8-15-30)29-16-9-20(10-17-29)34-19-4-11-27-12-5-19/h1-5,11-12,18,20,28H,6-10,13-17H2.